The molecule has 0 aromatic rings. The summed E-state index contributed by atoms with van der Waals surface area (Å²) in [5.74, 6) is -0.0410. The Labute approximate surface area is 300 Å². The topological polar surface area (TPSA) is 26.3 Å². The molecule has 0 aliphatic carbocycles. The summed E-state index contributed by atoms with van der Waals surface area (Å²) in [5, 5.41) is 0. The number of hydrogen-bond acceptors (Lipinski definition) is 2. The minimum atomic E-state index is -0.0410. The van der Waals surface area contributed by atoms with Gasteiger partial charge in [0.05, 0.1) is 0 Å². The van der Waals surface area contributed by atoms with Crippen molar-refractivity contribution in [3.63, 3.8) is 0 Å². The van der Waals surface area contributed by atoms with Gasteiger partial charge < -0.3 is 4.74 Å². The predicted octanol–water partition coefficient (Wildman–Crippen LogP) is 15.6. The minimum Gasteiger partial charge on any atom is -0.461 e. The smallest absolute Gasteiger partial charge is 0.306 e. The number of carbonyl (C=O) groups is 1. The van der Waals surface area contributed by atoms with E-state index in [9.17, 15) is 4.79 Å². The van der Waals surface area contributed by atoms with Crippen LogP contribution in [0.15, 0.2) is 69.9 Å². The summed E-state index contributed by atoms with van der Waals surface area (Å²) in [5.41, 5.74) is 8.55. The van der Waals surface area contributed by atoms with Crippen LogP contribution in [-0.4, -0.2) is 12.6 Å². The van der Waals surface area contributed by atoms with E-state index in [-0.39, 0.29) is 5.97 Å². The van der Waals surface area contributed by atoms with E-state index in [4.69, 9.17) is 4.74 Å². The normalized spacial score (nSPS) is 13.3. The fourth-order valence-electron chi connectivity index (χ4n) is 5.91. The second-order valence-electron chi connectivity index (χ2n) is 14.9. The van der Waals surface area contributed by atoms with E-state index in [1.165, 1.54) is 111 Å². The van der Waals surface area contributed by atoms with Gasteiger partial charge in [-0.2, -0.15) is 0 Å². The van der Waals surface area contributed by atoms with Gasteiger partial charge in [0.25, 0.3) is 0 Å². The number of allylic oxidation sites excluding steroid dienone is 11. The maximum absolute atomic E-state index is 12.1. The number of rotatable bonds is 31. The second kappa shape index (κ2) is 33.4. The van der Waals surface area contributed by atoms with E-state index >= 15 is 0 Å². The van der Waals surface area contributed by atoms with Crippen molar-refractivity contribution in [2.45, 2.75) is 209 Å². The van der Waals surface area contributed by atoms with Crippen molar-refractivity contribution in [3.8, 4) is 0 Å². The molecule has 0 aromatic heterocycles. The molecule has 0 heterocycles. The Morgan fingerprint density at radius 1 is 0.396 bits per heavy atom. The fraction of sp³-hybridized carbons (Fsp3) is 0.717. The first-order valence-corrected chi connectivity index (χ1v) is 20.2. The molecule has 0 N–H and O–H groups in total. The molecular formula is C46H80O2. The van der Waals surface area contributed by atoms with Gasteiger partial charge >= 0.3 is 5.97 Å². The number of esters is 1. The van der Waals surface area contributed by atoms with Crippen LogP contribution in [-0.2, 0) is 9.53 Å². The third-order valence-electron chi connectivity index (χ3n) is 9.28. The van der Waals surface area contributed by atoms with Gasteiger partial charge in [-0.1, -0.05) is 148 Å². The Bertz CT molecular complexity index is 980. The van der Waals surface area contributed by atoms with E-state index in [0.717, 1.165) is 69.8 Å². The van der Waals surface area contributed by atoms with Crippen molar-refractivity contribution in [2.75, 3.05) is 6.61 Å². The van der Waals surface area contributed by atoms with Crippen LogP contribution < -0.4 is 0 Å². The van der Waals surface area contributed by atoms with Crippen molar-refractivity contribution in [1.29, 1.82) is 0 Å². The number of carbonyl (C=O) groups excluding carboxylic acids is 1. The highest BCUT2D eigenvalue weighted by molar-refractivity contribution is 5.69. The molecule has 0 amide bonds. The summed E-state index contributed by atoms with van der Waals surface area (Å²) in [7, 11) is 0. The van der Waals surface area contributed by atoms with E-state index in [1.807, 2.05) is 0 Å². The van der Waals surface area contributed by atoms with Gasteiger partial charge in [-0.05, 0) is 125 Å². The number of ether oxygens (including phenoxy) is 1. The molecule has 0 aliphatic heterocycles. The molecule has 0 aliphatic rings. The first-order chi connectivity index (χ1) is 23.1. The van der Waals surface area contributed by atoms with Crippen molar-refractivity contribution in [1.82, 2.24) is 0 Å². The maximum Gasteiger partial charge on any atom is 0.306 e. The fourth-order valence-corrected chi connectivity index (χ4v) is 5.91. The average Bonchev–Trinajstić information content (AvgIpc) is 3.04. The standard InChI is InChI=1S/C46H80O2/c1-9-10-11-12-13-14-15-16-17-18-19-20-21-38-46(47)48-39-45(8)37-27-36-44(7)35-26-33-42(5)30-23-22-29-41(4)32-25-34-43(6)31-24-28-40(2)3/h28-30,34-35,37H,9-27,31-33,36,38-39H2,1-8H3/b41-29+,42-30+,43-34+,44-35+,45-37+. The van der Waals surface area contributed by atoms with Gasteiger partial charge in [0, 0.05) is 6.42 Å². The second-order valence-corrected chi connectivity index (χ2v) is 14.9. The highest BCUT2D eigenvalue weighted by atomic mass is 16.5. The maximum atomic E-state index is 12.1. The first kappa shape index (κ1) is 45.9. The molecule has 276 valence electrons. The zero-order valence-electron chi connectivity index (χ0n) is 33.5. The highest BCUT2D eigenvalue weighted by Gasteiger charge is 2.03. The van der Waals surface area contributed by atoms with E-state index in [0.29, 0.717) is 13.0 Å². The van der Waals surface area contributed by atoms with Crippen molar-refractivity contribution >= 4 is 5.97 Å². The lowest BCUT2D eigenvalue weighted by atomic mass is 10.0. The van der Waals surface area contributed by atoms with Gasteiger partial charge in [0.2, 0.25) is 0 Å². The molecule has 0 saturated carbocycles. The van der Waals surface area contributed by atoms with Crippen molar-refractivity contribution in [2.24, 2.45) is 0 Å². The Kier molecular flexibility index (Phi) is 32.0. The summed E-state index contributed by atoms with van der Waals surface area (Å²) >= 11 is 0. The molecular weight excluding hydrogens is 585 g/mol. The Balaban J connectivity index is 3.92. The van der Waals surface area contributed by atoms with Crippen molar-refractivity contribution in [3.05, 3.63) is 69.9 Å². The predicted molar refractivity (Wildman–Crippen MR) is 216 cm³/mol. The zero-order chi connectivity index (χ0) is 35.7. The Morgan fingerprint density at radius 3 is 1.12 bits per heavy atom. The highest BCUT2D eigenvalue weighted by Crippen LogP contribution is 2.16. The van der Waals surface area contributed by atoms with Crippen LogP contribution >= 0.6 is 0 Å². The first-order valence-electron chi connectivity index (χ1n) is 20.2. The van der Waals surface area contributed by atoms with Gasteiger partial charge in [0.15, 0.2) is 0 Å². The van der Waals surface area contributed by atoms with E-state index < -0.39 is 0 Å². The summed E-state index contributed by atoms with van der Waals surface area (Å²) < 4.78 is 5.52. The molecule has 0 unspecified atom stereocenters. The van der Waals surface area contributed by atoms with E-state index in [1.54, 1.807) is 0 Å². The van der Waals surface area contributed by atoms with Crippen LogP contribution in [0.5, 0.6) is 0 Å². The summed E-state index contributed by atoms with van der Waals surface area (Å²) in [6, 6.07) is 0. The largest absolute Gasteiger partial charge is 0.461 e. The molecule has 48 heavy (non-hydrogen) atoms. The minimum absolute atomic E-state index is 0.0410. The Hall–Kier alpha value is -2.09. The molecule has 0 spiro atoms. The third-order valence-corrected chi connectivity index (χ3v) is 9.28. The van der Waals surface area contributed by atoms with Gasteiger partial charge in [0.1, 0.15) is 6.61 Å². The molecule has 2 nitrogen and oxygen atoms in total. The van der Waals surface area contributed by atoms with Gasteiger partial charge in [-0.15, -0.1) is 0 Å². The van der Waals surface area contributed by atoms with E-state index in [2.05, 4.69) is 91.8 Å². The lowest BCUT2D eigenvalue weighted by Crippen LogP contribution is -2.06. The van der Waals surface area contributed by atoms with Crippen LogP contribution in [0.25, 0.3) is 0 Å². The summed E-state index contributed by atoms with van der Waals surface area (Å²) in [4.78, 5) is 12.1. The molecule has 0 radical (unpaired) electrons. The lowest BCUT2D eigenvalue weighted by molar-refractivity contribution is -0.142. The molecule has 0 bridgehead atoms. The molecule has 0 saturated heterocycles. The van der Waals surface area contributed by atoms with Crippen molar-refractivity contribution < 1.29 is 9.53 Å². The lowest BCUT2D eigenvalue weighted by Gasteiger charge is -2.06. The van der Waals surface area contributed by atoms with Crippen LogP contribution in [0.1, 0.15) is 209 Å². The number of hydrogen-bond donors (Lipinski definition) is 0. The molecule has 0 aromatic carbocycles. The molecule has 0 fully saturated rings. The van der Waals surface area contributed by atoms with Gasteiger partial charge in [-0.25, -0.2) is 0 Å². The van der Waals surface area contributed by atoms with Crippen LogP contribution in [0.4, 0.5) is 0 Å². The summed E-state index contributed by atoms with van der Waals surface area (Å²) in [6.07, 6.45) is 43.3. The average molecular weight is 665 g/mol. The summed E-state index contributed by atoms with van der Waals surface area (Å²) in [6.45, 7) is 18.2. The molecule has 0 atom stereocenters. The quantitative estimate of drug-likeness (QED) is 0.0419. The van der Waals surface area contributed by atoms with Crippen LogP contribution in [0, 0.1) is 0 Å². The number of unbranched alkanes of at least 4 members (excludes halogenated alkanes) is 13. The van der Waals surface area contributed by atoms with Gasteiger partial charge in [-0.3, -0.25) is 4.79 Å². The SMILES string of the molecule is CCCCCCCCCCCCCCCC(=O)OC/C(C)=C/CC/C(C)=C/CC/C(C)=C/CC/C=C(\C)CC/C=C(\C)CCC=C(C)C. The monoisotopic (exact) mass is 665 g/mol. The molecule has 2 heteroatoms. The molecule has 0 rings (SSSR count). The third kappa shape index (κ3) is 33.8. The Morgan fingerprint density at radius 2 is 0.729 bits per heavy atom. The van der Waals surface area contributed by atoms with Crippen LogP contribution in [0.2, 0.25) is 0 Å². The zero-order valence-corrected chi connectivity index (χ0v) is 33.5. The van der Waals surface area contributed by atoms with Crippen LogP contribution in [0.3, 0.4) is 0 Å².